The third-order valence-corrected chi connectivity index (χ3v) is 4.98. The molecular weight excluding hydrogens is 461 g/mol. The highest BCUT2D eigenvalue weighted by Crippen LogP contribution is 2.34. The Kier molecular flexibility index (Phi) is 7.36. The van der Waals surface area contributed by atoms with Gasteiger partial charge < -0.3 is 25.2 Å². The average molecular weight is 482 g/mol. The molecule has 0 fully saturated rings. The first-order valence-electron chi connectivity index (χ1n) is 10.3. The summed E-state index contributed by atoms with van der Waals surface area (Å²) in [5.41, 5.74) is 2.09. The number of fused-ring (bicyclic) bond motifs is 1. The molecule has 0 aliphatic heterocycles. The number of rotatable bonds is 7. The van der Waals surface area contributed by atoms with Crippen molar-refractivity contribution >= 4 is 45.7 Å². The van der Waals surface area contributed by atoms with E-state index in [0.29, 0.717) is 28.0 Å². The van der Waals surface area contributed by atoms with Crippen LogP contribution in [0.3, 0.4) is 0 Å². The van der Waals surface area contributed by atoms with Crippen LogP contribution in [0.25, 0.3) is 10.9 Å². The van der Waals surface area contributed by atoms with Crippen LogP contribution >= 0.6 is 11.6 Å². The standard InChI is InChI=1S/C24H21ClFN5O3/c1-33-24(27-10-11-32)31-15-6-8-20-17(12-15)23(29-14-28-20)30-16-7-9-21(18(25)13-16)34-22-5-3-2-4-19(22)26/h2-9,12-14,32H,10-11H2,1H3,(H,27,31)(H,28,29,30). The maximum atomic E-state index is 13.9. The number of aliphatic imine (C=N–C) groups is 1. The monoisotopic (exact) mass is 481 g/mol. The minimum atomic E-state index is -0.476. The van der Waals surface area contributed by atoms with Gasteiger partial charge in [-0.15, -0.1) is 0 Å². The van der Waals surface area contributed by atoms with Crippen molar-refractivity contribution in [3.63, 3.8) is 0 Å². The maximum absolute atomic E-state index is 13.9. The van der Waals surface area contributed by atoms with Gasteiger partial charge in [-0.1, -0.05) is 23.7 Å². The maximum Gasteiger partial charge on any atom is 0.288 e. The molecular formula is C24H21ClFN5O3. The number of halogens is 2. The van der Waals surface area contributed by atoms with E-state index in [-0.39, 0.29) is 24.9 Å². The summed E-state index contributed by atoms with van der Waals surface area (Å²) in [5.74, 6) is 0.491. The second kappa shape index (κ2) is 10.8. The van der Waals surface area contributed by atoms with E-state index in [4.69, 9.17) is 26.2 Å². The van der Waals surface area contributed by atoms with Gasteiger partial charge in [0.15, 0.2) is 11.6 Å². The van der Waals surface area contributed by atoms with E-state index in [1.54, 1.807) is 30.3 Å². The van der Waals surface area contributed by atoms with Crippen molar-refractivity contribution < 1.29 is 19.0 Å². The van der Waals surface area contributed by atoms with E-state index in [1.165, 1.54) is 25.6 Å². The van der Waals surface area contributed by atoms with Crippen LogP contribution in [-0.4, -0.2) is 41.4 Å². The first-order chi connectivity index (χ1) is 16.6. The van der Waals surface area contributed by atoms with Crippen molar-refractivity contribution in [2.24, 2.45) is 4.99 Å². The number of nitrogens with zero attached hydrogens (tertiary/aromatic N) is 3. The summed E-state index contributed by atoms with van der Waals surface area (Å²) in [4.78, 5) is 12.8. The number of benzene rings is 3. The zero-order valence-corrected chi connectivity index (χ0v) is 18.9. The van der Waals surface area contributed by atoms with E-state index in [2.05, 4.69) is 25.6 Å². The molecule has 0 radical (unpaired) electrons. The van der Waals surface area contributed by atoms with Crippen LogP contribution in [0.4, 0.5) is 21.6 Å². The number of ether oxygens (including phenoxy) is 2. The number of para-hydroxylation sites is 1. The summed E-state index contributed by atoms with van der Waals surface area (Å²) in [6.07, 6.45) is 1.46. The Balaban J connectivity index is 1.58. The minimum Gasteiger partial charge on any atom is -0.468 e. The van der Waals surface area contributed by atoms with Crippen molar-refractivity contribution in [3.05, 3.63) is 77.8 Å². The largest absolute Gasteiger partial charge is 0.468 e. The Morgan fingerprint density at radius 3 is 2.65 bits per heavy atom. The van der Waals surface area contributed by atoms with Crippen molar-refractivity contribution in [2.45, 2.75) is 0 Å². The molecule has 34 heavy (non-hydrogen) atoms. The molecule has 4 rings (SSSR count). The van der Waals surface area contributed by atoms with E-state index in [9.17, 15) is 4.39 Å². The minimum absolute atomic E-state index is 0.0825. The van der Waals surface area contributed by atoms with Crippen LogP contribution in [0, 0.1) is 5.82 Å². The number of amidine groups is 1. The van der Waals surface area contributed by atoms with Gasteiger partial charge in [0, 0.05) is 16.8 Å². The molecule has 3 aromatic carbocycles. The summed E-state index contributed by atoms with van der Waals surface area (Å²) in [7, 11) is 1.49. The highest BCUT2D eigenvalue weighted by atomic mass is 35.5. The first kappa shape index (κ1) is 23.2. The van der Waals surface area contributed by atoms with Crippen molar-refractivity contribution in [2.75, 3.05) is 30.9 Å². The van der Waals surface area contributed by atoms with Crippen LogP contribution in [0.1, 0.15) is 0 Å². The number of aliphatic hydroxyl groups excluding tert-OH is 1. The summed E-state index contributed by atoms with van der Waals surface area (Å²) in [6.45, 7) is 0.137. The number of hydrogen-bond donors (Lipinski definition) is 3. The SMILES string of the molecule is COC(=NCCO)Nc1ccc2ncnc(Nc3ccc(Oc4ccccc4F)c(Cl)c3)c2c1. The van der Waals surface area contributed by atoms with E-state index >= 15 is 0 Å². The highest BCUT2D eigenvalue weighted by Gasteiger charge is 2.11. The summed E-state index contributed by atoms with van der Waals surface area (Å²) < 4.78 is 24.7. The van der Waals surface area contributed by atoms with Crippen LogP contribution < -0.4 is 15.4 Å². The smallest absolute Gasteiger partial charge is 0.288 e. The number of methoxy groups -OCH3 is 1. The summed E-state index contributed by atoms with van der Waals surface area (Å²) >= 11 is 6.38. The Bertz CT molecular complexity index is 1340. The van der Waals surface area contributed by atoms with Crippen molar-refractivity contribution in [1.29, 1.82) is 0 Å². The lowest BCUT2D eigenvalue weighted by Crippen LogP contribution is -2.15. The van der Waals surface area contributed by atoms with Gasteiger partial charge in [0.2, 0.25) is 0 Å². The predicted molar refractivity (Wildman–Crippen MR) is 131 cm³/mol. The lowest BCUT2D eigenvalue weighted by atomic mass is 10.2. The molecule has 0 saturated carbocycles. The van der Waals surface area contributed by atoms with Crippen LogP contribution in [0.15, 0.2) is 72.0 Å². The fraction of sp³-hybridized carbons (Fsp3) is 0.125. The van der Waals surface area contributed by atoms with Gasteiger partial charge in [0.25, 0.3) is 6.02 Å². The van der Waals surface area contributed by atoms with Gasteiger partial charge in [0.05, 0.1) is 30.8 Å². The normalized spacial score (nSPS) is 11.4. The van der Waals surface area contributed by atoms with Crippen LogP contribution in [0.5, 0.6) is 11.5 Å². The molecule has 0 saturated heterocycles. The number of aliphatic hydroxyl groups is 1. The number of anilines is 3. The summed E-state index contributed by atoms with van der Waals surface area (Å²) in [6, 6.07) is 17.0. The van der Waals surface area contributed by atoms with Gasteiger partial charge in [-0.25, -0.2) is 19.4 Å². The average Bonchev–Trinajstić information content (AvgIpc) is 2.85. The lowest BCUT2D eigenvalue weighted by molar-refractivity contribution is 0.304. The Labute approximate surface area is 200 Å². The zero-order valence-electron chi connectivity index (χ0n) is 18.1. The van der Waals surface area contributed by atoms with Crippen LogP contribution in [-0.2, 0) is 4.74 Å². The van der Waals surface area contributed by atoms with Gasteiger partial charge in [-0.2, -0.15) is 0 Å². The first-order valence-corrected chi connectivity index (χ1v) is 10.6. The highest BCUT2D eigenvalue weighted by molar-refractivity contribution is 6.32. The van der Waals surface area contributed by atoms with E-state index in [1.807, 2.05) is 18.2 Å². The quantitative estimate of drug-likeness (QED) is 0.241. The van der Waals surface area contributed by atoms with Gasteiger partial charge in [-0.05, 0) is 48.5 Å². The molecule has 1 aromatic heterocycles. The second-order valence-electron chi connectivity index (χ2n) is 7.00. The van der Waals surface area contributed by atoms with E-state index in [0.717, 1.165) is 10.9 Å². The van der Waals surface area contributed by atoms with Gasteiger partial charge in [-0.3, -0.25) is 0 Å². The molecule has 0 spiro atoms. The fourth-order valence-corrected chi connectivity index (χ4v) is 3.33. The molecule has 10 heteroatoms. The topological polar surface area (TPSA) is 101 Å². The molecule has 0 amide bonds. The molecule has 0 unspecified atom stereocenters. The molecule has 8 nitrogen and oxygen atoms in total. The second-order valence-corrected chi connectivity index (χ2v) is 7.40. The molecule has 0 aliphatic rings. The molecule has 0 atom stereocenters. The van der Waals surface area contributed by atoms with Crippen LogP contribution in [0.2, 0.25) is 5.02 Å². The summed E-state index contributed by atoms with van der Waals surface area (Å²) in [5, 5.41) is 16.3. The molecule has 174 valence electrons. The molecule has 4 aromatic rings. The number of hydrogen-bond acceptors (Lipinski definition) is 7. The third-order valence-electron chi connectivity index (χ3n) is 4.69. The predicted octanol–water partition coefficient (Wildman–Crippen LogP) is 5.36. The van der Waals surface area contributed by atoms with Crippen molar-refractivity contribution in [1.82, 2.24) is 9.97 Å². The Morgan fingerprint density at radius 2 is 1.88 bits per heavy atom. The number of nitrogens with one attached hydrogen (secondary N) is 2. The molecule has 3 N–H and O–H groups in total. The van der Waals surface area contributed by atoms with Gasteiger partial charge in [0.1, 0.15) is 17.9 Å². The molecule has 0 aliphatic carbocycles. The number of aromatic nitrogens is 2. The van der Waals surface area contributed by atoms with E-state index < -0.39 is 5.82 Å². The van der Waals surface area contributed by atoms with Gasteiger partial charge >= 0.3 is 0 Å². The molecule has 1 heterocycles. The zero-order chi connectivity index (χ0) is 23.9. The van der Waals surface area contributed by atoms with Crippen molar-refractivity contribution in [3.8, 4) is 11.5 Å². The lowest BCUT2D eigenvalue weighted by Gasteiger charge is -2.13. The third kappa shape index (κ3) is 5.51. The molecule has 0 bridgehead atoms. The fourth-order valence-electron chi connectivity index (χ4n) is 3.11. The Hall–Kier alpha value is -3.95. The Morgan fingerprint density at radius 1 is 1.06 bits per heavy atom.